The summed E-state index contributed by atoms with van der Waals surface area (Å²) in [6.45, 7) is 1.70. The first-order chi connectivity index (χ1) is 7.15. The molecule has 4 nitrogen and oxygen atoms in total. The molecule has 2 fully saturated rings. The Kier molecular flexibility index (Phi) is 2.98. The van der Waals surface area contributed by atoms with Crippen LogP contribution in [-0.2, 0) is 9.53 Å². The highest BCUT2D eigenvalue weighted by atomic mass is 16.5. The topological polar surface area (TPSA) is 49.8 Å². The number of aliphatic hydroxyl groups is 1. The van der Waals surface area contributed by atoms with Gasteiger partial charge in [0.25, 0.3) is 0 Å². The van der Waals surface area contributed by atoms with Crippen molar-refractivity contribution in [3.05, 3.63) is 0 Å². The number of hydrogen-bond donors (Lipinski definition) is 1. The van der Waals surface area contributed by atoms with Crippen LogP contribution in [0.25, 0.3) is 0 Å². The third-order valence-corrected chi connectivity index (χ3v) is 3.49. The normalized spacial score (nSPS) is 30.9. The predicted octanol–water partition coefficient (Wildman–Crippen LogP) is 0.396. The third-order valence-electron chi connectivity index (χ3n) is 3.49. The number of carbonyl (C=O) groups excluding carboxylic acids is 1. The zero-order chi connectivity index (χ0) is 10.9. The molecule has 1 N–H and O–H groups in total. The van der Waals surface area contributed by atoms with Crippen molar-refractivity contribution in [3.8, 4) is 0 Å². The molecule has 2 rings (SSSR count). The highest BCUT2D eigenvalue weighted by molar-refractivity contribution is 5.76. The molecule has 0 aromatic rings. The van der Waals surface area contributed by atoms with Crippen molar-refractivity contribution in [3.63, 3.8) is 0 Å². The standard InChI is InChI=1S/C11H19NO3/c1-15-7-4-10(13)12-6-5-11(14,8-12)9-2-3-9/h9,14H,2-8H2,1H3. The van der Waals surface area contributed by atoms with E-state index >= 15 is 0 Å². The number of ether oxygens (including phenoxy) is 1. The Hall–Kier alpha value is -0.610. The van der Waals surface area contributed by atoms with Crippen LogP contribution in [0.3, 0.4) is 0 Å². The van der Waals surface area contributed by atoms with Crippen LogP contribution < -0.4 is 0 Å². The second-order valence-corrected chi connectivity index (χ2v) is 4.69. The zero-order valence-electron chi connectivity index (χ0n) is 9.24. The first-order valence-corrected chi connectivity index (χ1v) is 5.65. The third kappa shape index (κ3) is 2.32. The van der Waals surface area contributed by atoms with Gasteiger partial charge in [0.2, 0.25) is 5.91 Å². The molecule has 0 aromatic carbocycles. The molecule has 15 heavy (non-hydrogen) atoms. The second-order valence-electron chi connectivity index (χ2n) is 4.69. The fourth-order valence-corrected chi connectivity index (χ4v) is 2.33. The van der Waals surface area contributed by atoms with Crippen molar-refractivity contribution < 1.29 is 14.6 Å². The van der Waals surface area contributed by atoms with Crippen LogP contribution in [0.5, 0.6) is 0 Å². The lowest BCUT2D eigenvalue weighted by molar-refractivity contribution is -0.132. The maximum absolute atomic E-state index is 11.7. The molecular formula is C11H19NO3. The largest absolute Gasteiger partial charge is 0.388 e. The van der Waals surface area contributed by atoms with E-state index in [1.807, 2.05) is 0 Å². The number of rotatable bonds is 4. The molecule has 1 saturated heterocycles. The molecule has 1 atom stereocenters. The molecule has 0 bridgehead atoms. The van der Waals surface area contributed by atoms with Crippen LogP contribution in [0, 0.1) is 5.92 Å². The van der Waals surface area contributed by atoms with Crippen molar-refractivity contribution >= 4 is 5.91 Å². The van der Waals surface area contributed by atoms with Crippen molar-refractivity contribution in [2.24, 2.45) is 5.92 Å². The van der Waals surface area contributed by atoms with E-state index in [0.717, 1.165) is 19.3 Å². The fourth-order valence-electron chi connectivity index (χ4n) is 2.33. The minimum atomic E-state index is -0.581. The number of likely N-dealkylation sites (tertiary alicyclic amines) is 1. The van der Waals surface area contributed by atoms with Crippen LogP contribution >= 0.6 is 0 Å². The van der Waals surface area contributed by atoms with E-state index in [1.54, 1.807) is 12.0 Å². The monoisotopic (exact) mass is 213 g/mol. The number of carbonyl (C=O) groups is 1. The summed E-state index contributed by atoms with van der Waals surface area (Å²) in [5.41, 5.74) is -0.581. The minimum Gasteiger partial charge on any atom is -0.388 e. The van der Waals surface area contributed by atoms with E-state index in [1.165, 1.54) is 0 Å². The number of hydrogen-bond acceptors (Lipinski definition) is 3. The van der Waals surface area contributed by atoms with Gasteiger partial charge in [-0.3, -0.25) is 4.79 Å². The van der Waals surface area contributed by atoms with Crippen molar-refractivity contribution in [2.75, 3.05) is 26.8 Å². The van der Waals surface area contributed by atoms with Crippen LogP contribution in [0.1, 0.15) is 25.7 Å². The fraction of sp³-hybridized carbons (Fsp3) is 0.909. The van der Waals surface area contributed by atoms with Gasteiger partial charge in [0.15, 0.2) is 0 Å². The summed E-state index contributed by atoms with van der Waals surface area (Å²) in [4.78, 5) is 13.4. The predicted molar refractivity (Wildman–Crippen MR) is 55.4 cm³/mol. The van der Waals surface area contributed by atoms with Gasteiger partial charge in [-0.05, 0) is 25.2 Å². The molecule has 0 aromatic heterocycles. The van der Waals surface area contributed by atoms with Gasteiger partial charge in [0.05, 0.1) is 18.6 Å². The van der Waals surface area contributed by atoms with Gasteiger partial charge in [-0.15, -0.1) is 0 Å². The summed E-state index contributed by atoms with van der Waals surface area (Å²) in [6, 6.07) is 0. The van der Waals surface area contributed by atoms with Gasteiger partial charge in [0.1, 0.15) is 0 Å². The average molecular weight is 213 g/mol. The molecule has 1 saturated carbocycles. The van der Waals surface area contributed by atoms with E-state index < -0.39 is 5.60 Å². The first kappa shape index (κ1) is 10.9. The zero-order valence-corrected chi connectivity index (χ0v) is 9.24. The number of amides is 1. The van der Waals surface area contributed by atoms with E-state index in [9.17, 15) is 9.90 Å². The minimum absolute atomic E-state index is 0.105. The summed E-state index contributed by atoms with van der Waals surface area (Å²) in [5.74, 6) is 0.547. The van der Waals surface area contributed by atoms with E-state index in [2.05, 4.69) is 0 Å². The summed E-state index contributed by atoms with van der Waals surface area (Å²) in [6.07, 6.45) is 3.42. The molecule has 86 valence electrons. The Morgan fingerprint density at radius 2 is 2.33 bits per heavy atom. The molecule has 1 unspecified atom stereocenters. The Bertz CT molecular complexity index is 252. The molecule has 1 aliphatic carbocycles. The SMILES string of the molecule is COCCC(=O)N1CCC(O)(C2CC2)C1. The van der Waals surface area contributed by atoms with E-state index in [0.29, 0.717) is 32.0 Å². The first-order valence-electron chi connectivity index (χ1n) is 5.65. The Labute approximate surface area is 90.2 Å². The summed E-state index contributed by atoms with van der Waals surface area (Å²) in [7, 11) is 1.60. The van der Waals surface area contributed by atoms with Gasteiger partial charge in [-0.2, -0.15) is 0 Å². The maximum atomic E-state index is 11.7. The van der Waals surface area contributed by atoms with Crippen LogP contribution in [-0.4, -0.2) is 48.3 Å². The highest BCUT2D eigenvalue weighted by Crippen LogP contribution is 2.44. The van der Waals surface area contributed by atoms with Gasteiger partial charge in [0, 0.05) is 20.2 Å². The molecular weight excluding hydrogens is 194 g/mol. The van der Waals surface area contributed by atoms with Crippen LogP contribution in [0.15, 0.2) is 0 Å². The smallest absolute Gasteiger partial charge is 0.224 e. The number of methoxy groups -OCH3 is 1. The Morgan fingerprint density at radius 1 is 1.60 bits per heavy atom. The summed E-state index contributed by atoms with van der Waals surface area (Å²) >= 11 is 0. The molecule has 1 amide bonds. The van der Waals surface area contributed by atoms with Gasteiger partial charge >= 0.3 is 0 Å². The van der Waals surface area contributed by atoms with Crippen LogP contribution in [0.2, 0.25) is 0 Å². The Balaban J connectivity index is 1.83. The van der Waals surface area contributed by atoms with E-state index in [-0.39, 0.29) is 5.91 Å². The van der Waals surface area contributed by atoms with Crippen molar-refractivity contribution in [1.29, 1.82) is 0 Å². The number of β-amino-alcohol motifs (C(OH)–C–C–N with tert-alkyl or cyclic N) is 1. The lowest BCUT2D eigenvalue weighted by Gasteiger charge is -2.23. The quantitative estimate of drug-likeness (QED) is 0.735. The van der Waals surface area contributed by atoms with Gasteiger partial charge in [-0.25, -0.2) is 0 Å². The summed E-state index contributed by atoms with van der Waals surface area (Å²) < 4.78 is 4.87. The molecule has 1 heterocycles. The van der Waals surface area contributed by atoms with Gasteiger partial charge in [-0.1, -0.05) is 0 Å². The molecule has 0 radical (unpaired) electrons. The lowest BCUT2D eigenvalue weighted by atomic mass is 9.97. The molecule has 4 heteroatoms. The highest BCUT2D eigenvalue weighted by Gasteiger charge is 2.48. The second kappa shape index (κ2) is 4.10. The molecule has 2 aliphatic rings. The Morgan fingerprint density at radius 3 is 2.93 bits per heavy atom. The van der Waals surface area contributed by atoms with E-state index in [4.69, 9.17) is 4.74 Å². The number of nitrogens with zero attached hydrogens (tertiary/aromatic N) is 1. The molecule has 0 spiro atoms. The summed E-state index contributed by atoms with van der Waals surface area (Å²) in [5, 5.41) is 10.3. The van der Waals surface area contributed by atoms with Crippen LogP contribution in [0.4, 0.5) is 0 Å². The lowest BCUT2D eigenvalue weighted by Crippen LogP contribution is -2.37. The van der Waals surface area contributed by atoms with Crippen molar-refractivity contribution in [1.82, 2.24) is 4.90 Å². The van der Waals surface area contributed by atoms with Gasteiger partial charge < -0.3 is 14.7 Å². The maximum Gasteiger partial charge on any atom is 0.224 e. The molecule has 1 aliphatic heterocycles. The van der Waals surface area contributed by atoms with Crippen molar-refractivity contribution in [2.45, 2.75) is 31.3 Å². The average Bonchev–Trinajstić information content (AvgIpc) is 3.00.